The summed E-state index contributed by atoms with van der Waals surface area (Å²) in [5, 5.41) is 2.90. The van der Waals surface area contributed by atoms with Crippen LogP contribution in [0, 0.1) is 12.8 Å². The van der Waals surface area contributed by atoms with Crippen molar-refractivity contribution in [2.24, 2.45) is 5.92 Å². The van der Waals surface area contributed by atoms with Crippen LogP contribution >= 0.6 is 0 Å². The largest absolute Gasteiger partial charge is 0.497 e. The molecule has 218 valence electrons. The van der Waals surface area contributed by atoms with E-state index in [-0.39, 0.29) is 52.2 Å². The summed E-state index contributed by atoms with van der Waals surface area (Å²) in [5.41, 5.74) is 2.22. The van der Waals surface area contributed by atoms with Crippen LogP contribution in [0.3, 0.4) is 0 Å². The average molecular weight is 572 g/mol. The number of rotatable bonds is 8. The number of aryl methyl sites for hydroxylation is 1. The Kier molecular flexibility index (Phi) is 7.45. The van der Waals surface area contributed by atoms with Gasteiger partial charge in [-0.1, -0.05) is 6.07 Å². The van der Waals surface area contributed by atoms with E-state index in [4.69, 9.17) is 13.6 Å². The van der Waals surface area contributed by atoms with Gasteiger partial charge in [-0.3, -0.25) is 19.2 Å². The number of carbonyl (C=O) groups excluding carboxylic acids is 2. The Labute approximate surface area is 241 Å². The summed E-state index contributed by atoms with van der Waals surface area (Å²) >= 11 is 0. The number of hydrogen-bond acceptors (Lipinski definition) is 7. The number of methoxy groups -OCH3 is 1. The van der Waals surface area contributed by atoms with E-state index < -0.39 is 0 Å². The Morgan fingerprint density at radius 1 is 1.02 bits per heavy atom. The molecule has 2 aliphatic rings. The number of likely N-dealkylation sites (tertiary alicyclic amines) is 1. The highest BCUT2D eigenvalue weighted by Gasteiger charge is 2.36. The number of nitrogens with one attached hydrogen (secondary N) is 1. The number of ether oxygens (including phenoxy) is 1. The molecule has 42 heavy (non-hydrogen) atoms. The van der Waals surface area contributed by atoms with Crippen LogP contribution in [-0.2, 0) is 22.6 Å². The molecule has 1 aromatic carbocycles. The summed E-state index contributed by atoms with van der Waals surface area (Å²) in [6.07, 6.45) is 1.76. The molecule has 2 unspecified atom stereocenters. The first-order chi connectivity index (χ1) is 20.3. The van der Waals surface area contributed by atoms with Gasteiger partial charge in [0.1, 0.15) is 17.3 Å². The molecule has 6 rings (SSSR count). The lowest BCUT2D eigenvalue weighted by molar-refractivity contribution is -0.134. The predicted octanol–water partition coefficient (Wildman–Crippen LogP) is 3.62. The van der Waals surface area contributed by atoms with Gasteiger partial charge in [0.2, 0.25) is 22.8 Å². The highest BCUT2D eigenvalue weighted by Crippen LogP contribution is 2.36. The third-order valence-electron chi connectivity index (χ3n) is 8.19. The molecule has 1 saturated heterocycles. The zero-order valence-corrected chi connectivity index (χ0v) is 23.7. The molecule has 2 atom stereocenters. The second-order valence-corrected chi connectivity index (χ2v) is 11.1. The van der Waals surface area contributed by atoms with E-state index in [9.17, 15) is 19.2 Å². The second kappa shape index (κ2) is 11.3. The number of aromatic nitrogens is 1. The Hall–Kier alpha value is -4.60. The minimum atomic E-state index is -0.314. The summed E-state index contributed by atoms with van der Waals surface area (Å²) in [6.45, 7) is 3.91. The van der Waals surface area contributed by atoms with Gasteiger partial charge >= 0.3 is 0 Å². The van der Waals surface area contributed by atoms with E-state index in [2.05, 4.69) is 5.32 Å². The maximum Gasteiger partial charge on any atom is 0.250 e. The summed E-state index contributed by atoms with van der Waals surface area (Å²) in [7, 11) is 1.57. The molecular formula is C32H33N3O7. The van der Waals surface area contributed by atoms with Gasteiger partial charge in [-0.05, 0) is 56.0 Å². The number of pyridine rings is 1. The third kappa shape index (κ3) is 5.36. The molecule has 0 radical (unpaired) electrons. The second-order valence-electron chi connectivity index (χ2n) is 11.1. The van der Waals surface area contributed by atoms with Crippen LogP contribution in [0.5, 0.6) is 5.75 Å². The van der Waals surface area contributed by atoms with Crippen LogP contribution in [0.25, 0.3) is 22.5 Å². The topological polar surface area (TPSA) is 124 Å². The number of amides is 2. The first kappa shape index (κ1) is 27.6. The van der Waals surface area contributed by atoms with Gasteiger partial charge in [-0.25, -0.2) is 0 Å². The molecule has 0 aliphatic carbocycles. The van der Waals surface area contributed by atoms with Crippen LogP contribution in [0.4, 0.5) is 0 Å². The van der Waals surface area contributed by atoms with Crippen LogP contribution in [0.15, 0.2) is 67.0 Å². The molecule has 2 aliphatic heterocycles. The molecular weight excluding hydrogens is 538 g/mol. The minimum Gasteiger partial charge on any atom is -0.497 e. The van der Waals surface area contributed by atoms with Crippen molar-refractivity contribution in [1.82, 2.24) is 14.8 Å². The van der Waals surface area contributed by atoms with E-state index in [0.717, 1.165) is 12.1 Å². The van der Waals surface area contributed by atoms with Crippen LogP contribution in [0.2, 0.25) is 0 Å². The molecule has 0 saturated carbocycles. The number of nitrogens with zero attached hydrogens (tertiary/aromatic N) is 2. The fraction of sp³-hybridized carbons (Fsp3) is 0.375. The van der Waals surface area contributed by atoms with Crippen molar-refractivity contribution < 1.29 is 23.2 Å². The number of piperidine rings is 1. The van der Waals surface area contributed by atoms with E-state index in [1.165, 1.54) is 6.07 Å². The zero-order chi connectivity index (χ0) is 29.4. The monoisotopic (exact) mass is 571 g/mol. The molecule has 1 fully saturated rings. The van der Waals surface area contributed by atoms with Crippen molar-refractivity contribution in [1.29, 1.82) is 0 Å². The summed E-state index contributed by atoms with van der Waals surface area (Å²) in [5.74, 6) is 1.72. The lowest BCUT2D eigenvalue weighted by atomic mass is 9.83. The quantitative estimate of drug-likeness (QED) is 0.321. The smallest absolute Gasteiger partial charge is 0.250 e. The Morgan fingerprint density at radius 3 is 2.62 bits per heavy atom. The lowest BCUT2D eigenvalue weighted by Crippen LogP contribution is -2.49. The molecule has 1 N–H and O–H groups in total. The normalized spacial score (nSPS) is 17.6. The van der Waals surface area contributed by atoms with Crippen molar-refractivity contribution in [2.45, 2.75) is 45.1 Å². The molecule has 5 heterocycles. The number of fused-ring (bicyclic) bond motifs is 5. The maximum absolute atomic E-state index is 13.0. The van der Waals surface area contributed by atoms with Gasteiger partial charge in [0.25, 0.3) is 5.56 Å². The van der Waals surface area contributed by atoms with Gasteiger partial charge < -0.3 is 28.4 Å². The number of carbonyl (C=O) groups is 2. The highest BCUT2D eigenvalue weighted by atomic mass is 16.5. The molecule has 2 bridgehead atoms. The van der Waals surface area contributed by atoms with Crippen molar-refractivity contribution in [3.8, 4) is 17.1 Å². The van der Waals surface area contributed by atoms with Gasteiger partial charge in [0.15, 0.2) is 5.58 Å². The SMILES string of the molecule is COc1ccc(-c2oc3c(=O)cc(C)oc3c2CC(=O)NCCCC(=O)N2CC3CC(C2)c2cccc(=O)n2C3)cc1. The van der Waals surface area contributed by atoms with Crippen LogP contribution in [-0.4, -0.2) is 48.0 Å². The van der Waals surface area contributed by atoms with Gasteiger partial charge in [-0.15, -0.1) is 0 Å². The van der Waals surface area contributed by atoms with Gasteiger partial charge in [0.05, 0.1) is 19.1 Å². The fourth-order valence-corrected chi connectivity index (χ4v) is 6.25. The van der Waals surface area contributed by atoms with Crippen LogP contribution < -0.4 is 21.0 Å². The van der Waals surface area contributed by atoms with E-state index in [1.54, 1.807) is 50.4 Å². The van der Waals surface area contributed by atoms with Crippen molar-refractivity contribution in [3.05, 3.63) is 86.1 Å². The van der Waals surface area contributed by atoms with Gasteiger partial charge in [0, 0.05) is 61.9 Å². The zero-order valence-electron chi connectivity index (χ0n) is 23.7. The van der Waals surface area contributed by atoms with E-state index >= 15 is 0 Å². The molecule has 4 aromatic rings. The molecule has 3 aromatic heterocycles. The molecule has 0 spiro atoms. The average Bonchev–Trinajstić information content (AvgIpc) is 3.33. The maximum atomic E-state index is 13.0. The van der Waals surface area contributed by atoms with Crippen LogP contribution in [0.1, 0.15) is 42.2 Å². The Morgan fingerprint density at radius 2 is 1.83 bits per heavy atom. The van der Waals surface area contributed by atoms with Crippen molar-refractivity contribution in [2.75, 3.05) is 26.7 Å². The number of benzene rings is 1. The van der Waals surface area contributed by atoms with E-state index in [1.807, 2.05) is 15.5 Å². The number of hydrogen-bond donors (Lipinski definition) is 1. The Bertz CT molecular complexity index is 1770. The first-order valence-electron chi connectivity index (χ1n) is 14.3. The van der Waals surface area contributed by atoms with E-state index in [0.29, 0.717) is 67.4 Å². The summed E-state index contributed by atoms with van der Waals surface area (Å²) < 4.78 is 18.9. The lowest BCUT2D eigenvalue weighted by Gasteiger charge is -2.42. The van der Waals surface area contributed by atoms with Gasteiger partial charge in [-0.2, -0.15) is 0 Å². The fourth-order valence-electron chi connectivity index (χ4n) is 6.25. The molecule has 10 heteroatoms. The standard InChI is InChI=1S/C32H33N3O7/c1-19-13-26(36)32-31(41-19)24(30(42-32)21-8-10-23(40-2)11-9-21)15-27(37)33-12-4-7-28(38)34-16-20-14-22(18-34)25-5-3-6-29(39)35(25)17-20/h3,5-6,8-11,13,20,22H,4,7,12,14-18H2,1-2H3,(H,33,37). The predicted molar refractivity (Wildman–Crippen MR) is 156 cm³/mol. The Balaban J connectivity index is 1.08. The number of furan rings is 1. The molecule has 2 amide bonds. The van der Waals surface area contributed by atoms with Crippen molar-refractivity contribution in [3.63, 3.8) is 0 Å². The summed E-state index contributed by atoms with van der Waals surface area (Å²) in [6, 6.07) is 13.9. The first-order valence-corrected chi connectivity index (χ1v) is 14.3. The molecule has 10 nitrogen and oxygen atoms in total. The summed E-state index contributed by atoms with van der Waals surface area (Å²) in [4.78, 5) is 52.8. The van der Waals surface area contributed by atoms with Crippen molar-refractivity contribution >= 4 is 23.0 Å². The minimum absolute atomic E-state index is 0.0227. The third-order valence-corrected chi connectivity index (χ3v) is 8.19. The highest BCUT2D eigenvalue weighted by molar-refractivity contribution is 5.90.